The number of ether oxygens (including phenoxy) is 1. The normalized spacial score (nSPS) is 15.3. The number of rotatable bonds is 2. The quantitative estimate of drug-likeness (QED) is 0.581. The van der Waals surface area contributed by atoms with Crippen LogP contribution in [0.15, 0.2) is 72.8 Å². The molecule has 0 saturated heterocycles. The molecule has 0 unspecified atom stereocenters. The van der Waals surface area contributed by atoms with Crippen LogP contribution in [0.3, 0.4) is 0 Å². The molecule has 0 spiro atoms. The number of para-hydroxylation sites is 3. The largest absolute Gasteiger partial charge is 0.497 e. The zero-order chi connectivity index (χ0) is 16.8. The summed E-state index contributed by atoms with van der Waals surface area (Å²) in [5.41, 5.74) is 5.48. The van der Waals surface area contributed by atoms with Gasteiger partial charge in [-0.25, -0.2) is 4.98 Å². The fourth-order valence-corrected chi connectivity index (χ4v) is 3.56. The molecule has 0 fully saturated rings. The highest BCUT2D eigenvalue weighted by Gasteiger charge is 2.28. The van der Waals surface area contributed by atoms with Gasteiger partial charge in [0.05, 0.1) is 18.1 Å². The van der Waals surface area contributed by atoms with E-state index in [0.29, 0.717) is 0 Å². The van der Waals surface area contributed by atoms with Crippen LogP contribution in [0, 0.1) is 0 Å². The van der Waals surface area contributed by atoms with E-state index in [9.17, 15) is 0 Å². The molecule has 4 aromatic rings. The summed E-state index contributed by atoms with van der Waals surface area (Å²) in [7, 11) is 1.70. The van der Waals surface area contributed by atoms with Crippen molar-refractivity contribution in [1.82, 2.24) is 9.55 Å². The van der Waals surface area contributed by atoms with E-state index in [1.165, 1.54) is 0 Å². The average molecular weight is 327 g/mol. The summed E-state index contributed by atoms with van der Waals surface area (Å²) < 4.78 is 7.69. The number of hydrogen-bond donors (Lipinski definition) is 1. The van der Waals surface area contributed by atoms with Gasteiger partial charge >= 0.3 is 0 Å². The summed E-state index contributed by atoms with van der Waals surface area (Å²) >= 11 is 0. The molecular weight excluding hydrogens is 310 g/mol. The Morgan fingerprint density at radius 3 is 2.72 bits per heavy atom. The van der Waals surface area contributed by atoms with Crippen LogP contribution in [-0.4, -0.2) is 16.7 Å². The van der Waals surface area contributed by atoms with Crippen molar-refractivity contribution in [2.24, 2.45) is 0 Å². The molecule has 0 radical (unpaired) electrons. The van der Waals surface area contributed by atoms with Crippen LogP contribution in [0.1, 0.15) is 11.7 Å². The Morgan fingerprint density at radius 1 is 0.960 bits per heavy atom. The smallest absolute Gasteiger partial charge is 0.145 e. The molecule has 1 atom stereocenters. The molecule has 4 nitrogen and oxygen atoms in total. The van der Waals surface area contributed by atoms with Crippen LogP contribution in [0.2, 0.25) is 0 Å². The standard InChI is InChI=1S/C21H17N3O/c1-25-15-8-6-7-14(13-15)20-22-17-10-3-2-9-16(17)21-23-18-11-4-5-12-19(18)24(20)21/h2-13,20,22H,1H3/t20-/m0/s1. The predicted octanol–water partition coefficient (Wildman–Crippen LogP) is 4.68. The SMILES string of the molecule is COc1cccc([C@H]2Nc3ccccc3-c3nc4ccccc4n32)c1. The Kier molecular flexibility index (Phi) is 3.04. The maximum Gasteiger partial charge on any atom is 0.145 e. The summed E-state index contributed by atoms with van der Waals surface area (Å²) in [6.45, 7) is 0. The van der Waals surface area contributed by atoms with Crippen LogP contribution >= 0.6 is 0 Å². The molecule has 1 aromatic heterocycles. The first-order valence-electron chi connectivity index (χ1n) is 8.32. The molecule has 1 aliphatic heterocycles. The Balaban J connectivity index is 1.80. The van der Waals surface area contributed by atoms with Gasteiger partial charge in [0, 0.05) is 11.3 Å². The van der Waals surface area contributed by atoms with Gasteiger partial charge in [-0.1, -0.05) is 36.4 Å². The third-order valence-corrected chi connectivity index (χ3v) is 4.72. The van der Waals surface area contributed by atoms with Gasteiger partial charge in [-0.15, -0.1) is 0 Å². The number of nitrogens with one attached hydrogen (secondary N) is 1. The summed E-state index contributed by atoms with van der Waals surface area (Å²) in [6.07, 6.45) is -0.0348. The highest BCUT2D eigenvalue weighted by molar-refractivity contribution is 5.86. The molecule has 25 heavy (non-hydrogen) atoms. The number of aromatic nitrogens is 2. The molecule has 5 rings (SSSR count). The van der Waals surface area contributed by atoms with E-state index in [2.05, 4.69) is 58.4 Å². The maximum absolute atomic E-state index is 5.42. The summed E-state index contributed by atoms with van der Waals surface area (Å²) in [5, 5.41) is 3.67. The monoisotopic (exact) mass is 327 g/mol. The van der Waals surface area contributed by atoms with E-state index < -0.39 is 0 Å². The second kappa shape index (κ2) is 5.38. The minimum Gasteiger partial charge on any atom is -0.497 e. The molecule has 3 aromatic carbocycles. The lowest BCUT2D eigenvalue weighted by molar-refractivity contribution is 0.413. The van der Waals surface area contributed by atoms with E-state index in [4.69, 9.17) is 9.72 Å². The highest BCUT2D eigenvalue weighted by Crippen LogP contribution is 2.40. The van der Waals surface area contributed by atoms with Crippen molar-refractivity contribution < 1.29 is 4.74 Å². The summed E-state index contributed by atoms with van der Waals surface area (Å²) in [6, 6.07) is 24.8. The fraction of sp³-hybridized carbons (Fsp3) is 0.0952. The van der Waals surface area contributed by atoms with Crippen LogP contribution in [0.5, 0.6) is 5.75 Å². The lowest BCUT2D eigenvalue weighted by atomic mass is 10.1. The molecule has 1 aliphatic rings. The number of fused-ring (bicyclic) bond motifs is 5. The van der Waals surface area contributed by atoms with Crippen LogP contribution in [0.4, 0.5) is 5.69 Å². The zero-order valence-corrected chi connectivity index (χ0v) is 13.8. The van der Waals surface area contributed by atoms with E-state index in [-0.39, 0.29) is 6.17 Å². The Morgan fingerprint density at radius 2 is 1.80 bits per heavy atom. The maximum atomic E-state index is 5.42. The van der Waals surface area contributed by atoms with Crippen LogP contribution in [0.25, 0.3) is 22.4 Å². The first kappa shape index (κ1) is 14.1. The van der Waals surface area contributed by atoms with Gasteiger partial charge in [-0.3, -0.25) is 4.57 Å². The van der Waals surface area contributed by atoms with Crippen LogP contribution < -0.4 is 10.1 Å². The number of hydrogen-bond acceptors (Lipinski definition) is 3. The number of benzene rings is 3. The molecule has 0 aliphatic carbocycles. The lowest BCUT2D eigenvalue weighted by Crippen LogP contribution is -2.24. The second-order valence-electron chi connectivity index (χ2n) is 6.16. The minimum absolute atomic E-state index is 0.0348. The van der Waals surface area contributed by atoms with Crippen molar-refractivity contribution in [3.8, 4) is 17.1 Å². The van der Waals surface area contributed by atoms with Gasteiger partial charge in [-0.2, -0.15) is 0 Å². The van der Waals surface area contributed by atoms with Gasteiger partial charge in [0.15, 0.2) is 0 Å². The molecule has 0 amide bonds. The molecular formula is C21H17N3O. The Bertz CT molecular complexity index is 1080. The number of methoxy groups -OCH3 is 1. The molecule has 122 valence electrons. The van der Waals surface area contributed by atoms with Gasteiger partial charge in [0.2, 0.25) is 0 Å². The number of anilines is 1. The van der Waals surface area contributed by atoms with Crippen molar-refractivity contribution >= 4 is 16.7 Å². The third-order valence-electron chi connectivity index (χ3n) is 4.72. The Hall–Kier alpha value is -3.27. The second-order valence-corrected chi connectivity index (χ2v) is 6.16. The van der Waals surface area contributed by atoms with Gasteiger partial charge in [-0.05, 0) is 42.0 Å². The lowest BCUT2D eigenvalue weighted by Gasteiger charge is -2.30. The number of nitrogens with zero attached hydrogens (tertiary/aromatic N) is 2. The van der Waals surface area contributed by atoms with Gasteiger partial charge in [0.25, 0.3) is 0 Å². The molecule has 0 saturated carbocycles. The van der Waals surface area contributed by atoms with Crippen molar-refractivity contribution in [1.29, 1.82) is 0 Å². The topological polar surface area (TPSA) is 39.1 Å². The van der Waals surface area contributed by atoms with Crippen LogP contribution in [-0.2, 0) is 0 Å². The Labute approximate surface area is 145 Å². The molecule has 4 heteroatoms. The van der Waals surface area contributed by atoms with Gasteiger partial charge in [0.1, 0.15) is 17.7 Å². The summed E-state index contributed by atoms with van der Waals surface area (Å²) in [5.74, 6) is 1.84. The van der Waals surface area contributed by atoms with Gasteiger partial charge < -0.3 is 10.1 Å². The average Bonchev–Trinajstić information content (AvgIpc) is 3.07. The summed E-state index contributed by atoms with van der Waals surface area (Å²) in [4.78, 5) is 4.90. The third kappa shape index (κ3) is 2.11. The van der Waals surface area contributed by atoms with Crippen molar-refractivity contribution in [2.75, 3.05) is 12.4 Å². The first-order chi connectivity index (χ1) is 12.3. The molecule has 0 bridgehead atoms. The van der Waals surface area contributed by atoms with Crippen molar-refractivity contribution in [3.63, 3.8) is 0 Å². The molecule has 2 heterocycles. The van der Waals surface area contributed by atoms with Crippen molar-refractivity contribution in [3.05, 3.63) is 78.4 Å². The predicted molar refractivity (Wildman–Crippen MR) is 99.9 cm³/mol. The molecule has 1 N–H and O–H groups in total. The number of imidazole rings is 1. The van der Waals surface area contributed by atoms with E-state index in [1.54, 1.807) is 7.11 Å². The first-order valence-corrected chi connectivity index (χ1v) is 8.32. The van der Waals surface area contributed by atoms with E-state index in [1.807, 2.05) is 24.3 Å². The van der Waals surface area contributed by atoms with E-state index >= 15 is 0 Å². The minimum atomic E-state index is -0.0348. The zero-order valence-electron chi connectivity index (χ0n) is 13.8. The van der Waals surface area contributed by atoms with Crippen molar-refractivity contribution in [2.45, 2.75) is 6.17 Å². The fourth-order valence-electron chi connectivity index (χ4n) is 3.56. The van der Waals surface area contributed by atoms with E-state index in [0.717, 1.165) is 39.4 Å². The highest BCUT2D eigenvalue weighted by atomic mass is 16.5.